The van der Waals surface area contributed by atoms with E-state index in [4.69, 9.17) is 10.5 Å². The number of hydrogen-bond acceptors (Lipinski definition) is 3. The summed E-state index contributed by atoms with van der Waals surface area (Å²) in [7, 11) is 1.59. The standard InChI is InChI=1S/C14H19BrN2O2/c1-9-5-10(16)8-17(7-9)14(18)12-6-11(19-2)3-4-13(12)15/h3-4,6,9-10H,5,7-8,16H2,1-2H3. The zero-order valence-corrected chi connectivity index (χ0v) is 12.8. The Bertz CT molecular complexity index is 469. The number of likely N-dealkylation sites (tertiary alicyclic amines) is 1. The van der Waals surface area contributed by atoms with Crippen LogP contribution in [-0.2, 0) is 0 Å². The summed E-state index contributed by atoms with van der Waals surface area (Å²) in [5, 5.41) is 0. The first-order chi connectivity index (χ1) is 9.01. The molecule has 0 radical (unpaired) electrons. The molecule has 1 heterocycles. The van der Waals surface area contributed by atoms with Crippen LogP contribution >= 0.6 is 15.9 Å². The summed E-state index contributed by atoms with van der Waals surface area (Å²) in [6, 6.07) is 5.49. The van der Waals surface area contributed by atoms with E-state index in [-0.39, 0.29) is 11.9 Å². The topological polar surface area (TPSA) is 55.6 Å². The Labute approximate surface area is 122 Å². The Hall–Kier alpha value is -1.07. The number of benzene rings is 1. The molecule has 1 aromatic rings. The number of amides is 1. The molecular formula is C14H19BrN2O2. The molecule has 1 fully saturated rings. The van der Waals surface area contributed by atoms with Crippen LogP contribution in [0.2, 0.25) is 0 Å². The molecule has 1 aromatic carbocycles. The Morgan fingerprint density at radius 1 is 1.47 bits per heavy atom. The van der Waals surface area contributed by atoms with E-state index >= 15 is 0 Å². The largest absolute Gasteiger partial charge is 0.497 e. The molecule has 0 aromatic heterocycles. The number of ether oxygens (including phenoxy) is 1. The quantitative estimate of drug-likeness (QED) is 0.907. The van der Waals surface area contributed by atoms with E-state index in [0.717, 1.165) is 17.4 Å². The van der Waals surface area contributed by atoms with Gasteiger partial charge in [0.1, 0.15) is 5.75 Å². The van der Waals surface area contributed by atoms with Crippen molar-refractivity contribution >= 4 is 21.8 Å². The molecule has 19 heavy (non-hydrogen) atoms. The van der Waals surface area contributed by atoms with E-state index in [0.29, 0.717) is 23.8 Å². The van der Waals surface area contributed by atoms with Crippen LogP contribution in [0.3, 0.4) is 0 Å². The maximum atomic E-state index is 12.6. The zero-order chi connectivity index (χ0) is 14.0. The van der Waals surface area contributed by atoms with Gasteiger partial charge >= 0.3 is 0 Å². The molecule has 2 atom stereocenters. The van der Waals surface area contributed by atoms with Gasteiger partial charge in [-0.05, 0) is 46.5 Å². The molecule has 2 N–H and O–H groups in total. The van der Waals surface area contributed by atoms with Gasteiger partial charge in [0, 0.05) is 23.6 Å². The van der Waals surface area contributed by atoms with Gasteiger partial charge in [-0.25, -0.2) is 0 Å². The molecule has 0 bridgehead atoms. The number of methoxy groups -OCH3 is 1. The molecule has 2 rings (SSSR count). The highest BCUT2D eigenvalue weighted by Crippen LogP contribution is 2.25. The fourth-order valence-electron chi connectivity index (χ4n) is 2.53. The van der Waals surface area contributed by atoms with E-state index in [1.807, 2.05) is 17.0 Å². The third-order valence-corrected chi connectivity index (χ3v) is 4.07. The van der Waals surface area contributed by atoms with Crippen LogP contribution in [0.4, 0.5) is 0 Å². The van der Waals surface area contributed by atoms with Crippen LogP contribution in [0.1, 0.15) is 23.7 Å². The second kappa shape index (κ2) is 5.92. The molecule has 2 unspecified atom stereocenters. The normalized spacial score (nSPS) is 23.3. The number of halogens is 1. The molecule has 1 amide bonds. The van der Waals surface area contributed by atoms with Crippen molar-refractivity contribution in [2.45, 2.75) is 19.4 Å². The molecule has 1 saturated heterocycles. The Morgan fingerprint density at radius 2 is 2.21 bits per heavy atom. The maximum Gasteiger partial charge on any atom is 0.255 e. The smallest absolute Gasteiger partial charge is 0.255 e. The Morgan fingerprint density at radius 3 is 2.84 bits per heavy atom. The van der Waals surface area contributed by atoms with E-state index in [9.17, 15) is 4.79 Å². The first kappa shape index (κ1) is 14.3. The van der Waals surface area contributed by atoms with Gasteiger partial charge in [-0.1, -0.05) is 6.92 Å². The van der Waals surface area contributed by atoms with Gasteiger partial charge in [0.2, 0.25) is 0 Å². The minimum Gasteiger partial charge on any atom is -0.497 e. The molecular weight excluding hydrogens is 308 g/mol. The molecule has 1 aliphatic rings. The number of carbonyl (C=O) groups excluding carboxylic acids is 1. The van der Waals surface area contributed by atoms with Crippen molar-refractivity contribution in [3.8, 4) is 5.75 Å². The summed E-state index contributed by atoms with van der Waals surface area (Å²) >= 11 is 3.42. The molecule has 0 spiro atoms. The minimum absolute atomic E-state index is 0.00720. The number of nitrogens with zero attached hydrogens (tertiary/aromatic N) is 1. The van der Waals surface area contributed by atoms with Gasteiger partial charge in [-0.2, -0.15) is 0 Å². The van der Waals surface area contributed by atoms with Crippen LogP contribution < -0.4 is 10.5 Å². The average molecular weight is 327 g/mol. The summed E-state index contributed by atoms with van der Waals surface area (Å²) in [5.41, 5.74) is 6.62. The highest BCUT2D eigenvalue weighted by Gasteiger charge is 2.27. The predicted molar refractivity (Wildman–Crippen MR) is 78.4 cm³/mol. The van der Waals surface area contributed by atoms with Gasteiger partial charge in [-0.15, -0.1) is 0 Å². The summed E-state index contributed by atoms with van der Waals surface area (Å²) in [4.78, 5) is 14.4. The van der Waals surface area contributed by atoms with Crippen molar-refractivity contribution in [1.82, 2.24) is 4.90 Å². The van der Waals surface area contributed by atoms with Gasteiger partial charge in [0.25, 0.3) is 5.91 Å². The van der Waals surface area contributed by atoms with E-state index in [1.165, 1.54) is 0 Å². The van der Waals surface area contributed by atoms with Crippen molar-refractivity contribution in [3.63, 3.8) is 0 Å². The molecule has 1 aliphatic heterocycles. The monoisotopic (exact) mass is 326 g/mol. The van der Waals surface area contributed by atoms with E-state index in [1.54, 1.807) is 13.2 Å². The van der Waals surface area contributed by atoms with E-state index < -0.39 is 0 Å². The number of hydrogen-bond donors (Lipinski definition) is 1. The third-order valence-electron chi connectivity index (χ3n) is 3.38. The van der Waals surface area contributed by atoms with Gasteiger partial charge in [-0.3, -0.25) is 4.79 Å². The Balaban J connectivity index is 2.23. The highest BCUT2D eigenvalue weighted by atomic mass is 79.9. The van der Waals surface area contributed by atoms with Gasteiger partial charge in [0.15, 0.2) is 0 Å². The van der Waals surface area contributed by atoms with Gasteiger partial charge < -0.3 is 15.4 Å². The summed E-state index contributed by atoms with van der Waals surface area (Å²) in [6.45, 7) is 3.50. The molecule has 0 aliphatic carbocycles. The lowest BCUT2D eigenvalue weighted by molar-refractivity contribution is 0.0659. The van der Waals surface area contributed by atoms with Crippen molar-refractivity contribution < 1.29 is 9.53 Å². The second-order valence-electron chi connectivity index (χ2n) is 5.16. The fraction of sp³-hybridized carbons (Fsp3) is 0.500. The molecule has 0 saturated carbocycles. The number of carbonyl (C=O) groups is 1. The van der Waals surface area contributed by atoms with Crippen LogP contribution in [0.25, 0.3) is 0 Å². The lowest BCUT2D eigenvalue weighted by Crippen LogP contribution is -2.48. The maximum absolute atomic E-state index is 12.6. The summed E-state index contributed by atoms with van der Waals surface area (Å²) < 4.78 is 5.96. The third kappa shape index (κ3) is 3.28. The molecule has 104 valence electrons. The minimum atomic E-state index is 0.00720. The summed E-state index contributed by atoms with van der Waals surface area (Å²) in [5.74, 6) is 1.13. The summed E-state index contributed by atoms with van der Waals surface area (Å²) in [6.07, 6.45) is 0.975. The van der Waals surface area contributed by atoms with E-state index in [2.05, 4.69) is 22.9 Å². The van der Waals surface area contributed by atoms with Crippen LogP contribution in [-0.4, -0.2) is 37.0 Å². The Kier molecular flexibility index (Phi) is 4.47. The first-order valence-electron chi connectivity index (χ1n) is 6.39. The highest BCUT2D eigenvalue weighted by molar-refractivity contribution is 9.10. The molecule has 5 heteroatoms. The predicted octanol–water partition coefficient (Wildman–Crippen LogP) is 2.27. The van der Waals surface area contributed by atoms with Crippen LogP contribution in [0, 0.1) is 5.92 Å². The average Bonchev–Trinajstić information content (AvgIpc) is 2.37. The fourth-order valence-corrected chi connectivity index (χ4v) is 2.95. The number of rotatable bonds is 2. The van der Waals surface area contributed by atoms with Crippen molar-refractivity contribution in [1.29, 1.82) is 0 Å². The first-order valence-corrected chi connectivity index (χ1v) is 7.19. The van der Waals surface area contributed by atoms with Crippen molar-refractivity contribution in [2.75, 3.05) is 20.2 Å². The van der Waals surface area contributed by atoms with Gasteiger partial charge in [0.05, 0.1) is 12.7 Å². The number of nitrogens with two attached hydrogens (primary N) is 1. The zero-order valence-electron chi connectivity index (χ0n) is 11.2. The second-order valence-corrected chi connectivity index (χ2v) is 6.01. The van der Waals surface area contributed by atoms with Crippen LogP contribution in [0.5, 0.6) is 5.75 Å². The molecule has 4 nitrogen and oxygen atoms in total. The van der Waals surface area contributed by atoms with Crippen molar-refractivity contribution in [2.24, 2.45) is 11.7 Å². The van der Waals surface area contributed by atoms with Crippen molar-refractivity contribution in [3.05, 3.63) is 28.2 Å². The van der Waals surface area contributed by atoms with Crippen LogP contribution in [0.15, 0.2) is 22.7 Å². The number of piperidine rings is 1. The lowest BCUT2D eigenvalue weighted by Gasteiger charge is -2.35. The SMILES string of the molecule is COc1ccc(Br)c(C(=O)N2CC(C)CC(N)C2)c1. The lowest BCUT2D eigenvalue weighted by atomic mass is 9.96.